The number of aromatic nitrogens is 1. The van der Waals surface area contributed by atoms with Crippen molar-refractivity contribution in [1.29, 1.82) is 0 Å². The van der Waals surface area contributed by atoms with E-state index in [9.17, 15) is 0 Å². The van der Waals surface area contributed by atoms with Crippen molar-refractivity contribution in [2.24, 2.45) is 0 Å². The van der Waals surface area contributed by atoms with Crippen molar-refractivity contribution in [3.63, 3.8) is 0 Å². The van der Waals surface area contributed by atoms with Gasteiger partial charge in [0.25, 0.3) is 0 Å². The quantitative estimate of drug-likeness (QED) is 0.868. The van der Waals surface area contributed by atoms with Gasteiger partial charge in [0.15, 0.2) is 0 Å². The van der Waals surface area contributed by atoms with Crippen LogP contribution < -0.4 is 11.1 Å². The minimum Gasteiger partial charge on any atom is -0.397 e. The second kappa shape index (κ2) is 5.19. The van der Waals surface area contributed by atoms with Crippen molar-refractivity contribution < 1.29 is 0 Å². The van der Waals surface area contributed by atoms with Gasteiger partial charge in [-0.3, -0.25) is 0 Å². The summed E-state index contributed by atoms with van der Waals surface area (Å²) in [6, 6.07) is 8.37. The van der Waals surface area contributed by atoms with E-state index in [2.05, 4.69) is 34.7 Å². The van der Waals surface area contributed by atoms with E-state index < -0.39 is 0 Å². The maximum Gasteiger partial charge on any atom is 0.126 e. The zero-order chi connectivity index (χ0) is 12.3. The van der Waals surface area contributed by atoms with Crippen LogP contribution in [-0.4, -0.2) is 4.98 Å². The van der Waals surface area contributed by atoms with Crippen LogP contribution in [0.4, 0.5) is 11.5 Å². The molecule has 0 bridgehead atoms. The first kappa shape index (κ1) is 11.9. The van der Waals surface area contributed by atoms with Gasteiger partial charge in [0.05, 0.1) is 17.4 Å². The second-order valence-electron chi connectivity index (χ2n) is 3.99. The molecule has 0 fully saturated rings. The lowest BCUT2D eigenvalue weighted by Crippen LogP contribution is -2.10. The third-order valence-corrected chi connectivity index (χ3v) is 3.73. The first-order valence-electron chi connectivity index (χ1n) is 5.73. The van der Waals surface area contributed by atoms with Crippen molar-refractivity contribution >= 4 is 22.8 Å². The third-order valence-electron chi connectivity index (χ3n) is 2.74. The first-order valence-corrected chi connectivity index (χ1v) is 6.61. The normalized spacial score (nSPS) is 12.4. The topological polar surface area (TPSA) is 50.9 Å². The summed E-state index contributed by atoms with van der Waals surface area (Å²) in [5.74, 6) is 0.886. The Bertz CT molecular complexity index is 479. The van der Waals surface area contributed by atoms with Crippen molar-refractivity contribution in [1.82, 2.24) is 4.98 Å². The average molecular weight is 247 g/mol. The fourth-order valence-corrected chi connectivity index (χ4v) is 2.56. The van der Waals surface area contributed by atoms with E-state index in [1.54, 1.807) is 11.3 Å². The number of rotatable bonds is 4. The summed E-state index contributed by atoms with van der Waals surface area (Å²) in [5, 5.41) is 5.54. The van der Waals surface area contributed by atoms with Crippen molar-refractivity contribution in [2.45, 2.75) is 26.3 Å². The molecule has 0 amide bonds. The highest BCUT2D eigenvalue weighted by Crippen LogP contribution is 2.25. The minimum absolute atomic E-state index is 0.325. The van der Waals surface area contributed by atoms with E-state index >= 15 is 0 Å². The number of aryl methyl sites for hydroxylation is 1. The molecule has 1 atom stereocenters. The zero-order valence-corrected chi connectivity index (χ0v) is 10.9. The number of anilines is 2. The van der Waals surface area contributed by atoms with Crippen molar-refractivity contribution in [3.05, 3.63) is 40.2 Å². The van der Waals surface area contributed by atoms with Crippen LogP contribution in [0.15, 0.2) is 29.6 Å². The lowest BCUT2D eigenvalue weighted by atomic mass is 10.2. The number of thiophene rings is 1. The summed E-state index contributed by atoms with van der Waals surface area (Å²) >= 11 is 1.77. The molecule has 0 saturated carbocycles. The molecule has 0 radical (unpaired) electrons. The SMILES string of the molecule is CCC(Nc1ccc(N)c(C)n1)c1cccs1. The number of pyridine rings is 1. The summed E-state index contributed by atoms with van der Waals surface area (Å²) in [6.07, 6.45) is 1.03. The number of hydrogen-bond donors (Lipinski definition) is 2. The Morgan fingerprint density at radius 1 is 1.41 bits per heavy atom. The molecule has 3 N–H and O–H groups in total. The van der Waals surface area contributed by atoms with Gasteiger partial charge in [0.1, 0.15) is 5.82 Å². The summed E-state index contributed by atoms with van der Waals surface area (Å²) in [6.45, 7) is 4.09. The summed E-state index contributed by atoms with van der Waals surface area (Å²) < 4.78 is 0. The Kier molecular flexibility index (Phi) is 3.64. The smallest absolute Gasteiger partial charge is 0.126 e. The van der Waals surface area contributed by atoms with Gasteiger partial charge in [-0.15, -0.1) is 11.3 Å². The molecule has 2 aromatic rings. The second-order valence-corrected chi connectivity index (χ2v) is 4.97. The maximum absolute atomic E-state index is 5.76. The van der Waals surface area contributed by atoms with Gasteiger partial charge in [-0.25, -0.2) is 4.98 Å². The molecule has 0 aliphatic rings. The van der Waals surface area contributed by atoms with E-state index in [1.807, 2.05) is 19.1 Å². The summed E-state index contributed by atoms with van der Waals surface area (Å²) in [5.41, 5.74) is 7.37. The zero-order valence-electron chi connectivity index (χ0n) is 10.1. The minimum atomic E-state index is 0.325. The molecular formula is C13H17N3S. The summed E-state index contributed by atoms with van der Waals surface area (Å²) in [4.78, 5) is 5.78. The predicted molar refractivity (Wildman–Crippen MR) is 74.4 cm³/mol. The van der Waals surface area contributed by atoms with Gasteiger partial charge in [-0.1, -0.05) is 13.0 Å². The molecule has 0 aromatic carbocycles. The molecule has 1 unspecified atom stereocenters. The number of nitrogens with zero attached hydrogens (tertiary/aromatic N) is 1. The van der Waals surface area contributed by atoms with Crippen LogP contribution >= 0.6 is 11.3 Å². The Hall–Kier alpha value is -1.55. The molecule has 0 aliphatic heterocycles. The number of nitrogens with two attached hydrogens (primary N) is 1. The van der Waals surface area contributed by atoms with Crippen LogP contribution in [0.25, 0.3) is 0 Å². The highest BCUT2D eigenvalue weighted by Gasteiger charge is 2.10. The van der Waals surface area contributed by atoms with Crippen LogP contribution in [0.1, 0.15) is 30.0 Å². The van der Waals surface area contributed by atoms with E-state index in [1.165, 1.54) is 4.88 Å². The van der Waals surface area contributed by atoms with E-state index in [0.29, 0.717) is 6.04 Å². The number of hydrogen-bond acceptors (Lipinski definition) is 4. The highest BCUT2D eigenvalue weighted by molar-refractivity contribution is 7.10. The molecule has 2 heterocycles. The van der Waals surface area contributed by atoms with Gasteiger partial charge in [-0.2, -0.15) is 0 Å². The molecular weight excluding hydrogens is 230 g/mol. The van der Waals surface area contributed by atoms with Crippen LogP contribution in [0.5, 0.6) is 0 Å². The Morgan fingerprint density at radius 3 is 2.82 bits per heavy atom. The molecule has 0 spiro atoms. The van der Waals surface area contributed by atoms with Crippen LogP contribution in [-0.2, 0) is 0 Å². The van der Waals surface area contributed by atoms with Crippen LogP contribution in [0.2, 0.25) is 0 Å². The molecule has 17 heavy (non-hydrogen) atoms. The number of nitrogen functional groups attached to an aromatic ring is 1. The summed E-state index contributed by atoms with van der Waals surface area (Å²) in [7, 11) is 0. The lowest BCUT2D eigenvalue weighted by molar-refractivity contribution is 0.758. The fourth-order valence-electron chi connectivity index (χ4n) is 1.69. The monoisotopic (exact) mass is 247 g/mol. The van der Waals surface area contributed by atoms with Gasteiger partial charge in [-0.05, 0) is 36.9 Å². The highest BCUT2D eigenvalue weighted by atomic mass is 32.1. The number of nitrogens with one attached hydrogen (secondary N) is 1. The van der Waals surface area contributed by atoms with Crippen molar-refractivity contribution in [3.8, 4) is 0 Å². The van der Waals surface area contributed by atoms with Gasteiger partial charge in [0.2, 0.25) is 0 Å². The molecule has 3 nitrogen and oxygen atoms in total. The fraction of sp³-hybridized carbons (Fsp3) is 0.308. The van der Waals surface area contributed by atoms with Gasteiger partial charge in [0, 0.05) is 4.88 Å². The standard InChI is InChI=1S/C13H17N3S/c1-3-11(12-5-4-8-17-12)16-13-7-6-10(14)9(2)15-13/h4-8,11H,3,14H2,1-2H3,(H,15,16). The Morgan fingerprint density at radius 2 is 2.24 bits per heavy atom. The molecule has 0 aliphatic carbocycles. The molecule has 0 saturated heterocycles. The van der Waals surface area contributed by atoms with E-state index in [0.717, 1.165) is 23.6 Å². The first-order chi connectivity index (χ1) is 8.20. The Labute approximate surface area is 106 Å². The Balaban J connectivity index is 2.16. The van der Waals surface area contributed by atoms with Crippen LogP contribution in [0, 0.1) is 6.92 Å². The molecule has 4 heteroatoms. The van der Waals surface area contributed by atoms with Crippen molar-refractivity contribution in [2.75, 3.05) is 11.1 Å². The molecule has 2 rings (SSSR count). The predicted octanol–water partition coefficient (Wildman–Crippen LogP) is 3.60. The lowest BCUT2D eigenvalue weighted by Gasteiger charge is -2.16. The largest absolute Gasteiger partial charge is 0.397 e. The van der Waals surface area contributed by atoms with E-state index in [4.69, 9.17) is 5.73 Å². The molecule has 2 aromatic heterocycles. The van der Waals surface area contributed by atoms with Gasteiger partial charge >= 0.3 is 0 Å². The average Bonchev–Trinajstić information content (AvgIpc) is 2.84. The van der Waals surface area contributed by atoms with Crippen LogP contribution in [0.3, 0.4) is 0 Å². The maximum atomic E-state index is 5.76. The van der Waals surface area contributed by atoms with Gasteiger partial charge < -0.3 is 11.1 Å². The van der Waals surface area contributed by atoms with E-state index in [-0.39, 0.29) is 0 Å². The molecule has 90 valence electrons. The third kappa shape index (κ3) is 2.77.